The number of ether oxygens (including phenoxy) is 2. The van der Waals surface area contributed by atoms with E-state index in [-0.39, 0.29) is 12.3 Å². The van der Waals surface area contributed by atoms with Crippen LogP contribution in [0.25, 0.3) is 6.08 Å². The highest BCUT2D eigenvalue weighted by Gasteiger charge is 2.13. The number of nitrogens with zero attached hydrogens (tertiary/aromatic N) is 2. The first-order chi connectivity index (χ1) is 12.2. The Labute approximate surface area is 146 Å². The molecule has 0 N–H and O–H groups in total. The van der Waals surface area contributed by atoms with Crippen molar-refractivity contribution in [1.82, 2.24) is 4.90 Å². The Balaban J connectivity index is 2.13. The zero-order chi connectivity index (χ0) is 18.1. The molecule has 0 aliphatic heterocycles. The van der Waals surface area contributed by atoms with E-state index in [1.807, 2.05) is 6.07 Å². The highest BCUT2D eigenvalue weighted by atomic mass is 16.5. The number of carbonyl (C=O) groups excluding carboxylic acids is 1. The van der Waals surface area contributed by atoms with Crippen LogP contribution in [0.3, 0.4) is 0 Å². The lowest BCUT2D eigenvalue weighted by molar-refractivity contribution is -0.126. The first kappa shape index (κ1) is 18.1. The maximum absolute atomic E-state index is 12.5. The van der Waals surface area contributed by atoms with E-state index in [4.69, 9.17) is 19.2 Å². The van der Waals surface area contributed by atoms with Gasteiger partial charge in [0.25, 0.3) is 0 Å². The Kier molecular flexibility index (Phi) is 6.66. The molecular weight excluding hydrogens is 320 g/mol. The molecule has 1 amide bonds. The molecule has 0 spiro atoms. The maximum atomic E-state index is 12.5. The number of hydrogen-bond donors (Lipinski definition) is 0. The molecule has 130 valence electrons. The number of benzene rings is 1. The lowest BCUT2D eigenvalue weighted by Gasteiger charge is -2.18. The quantitative estimate of drug-likeness (QED) is 0.690. The third kappa shape index (κ3) is 5.15. The van der Waals surface area contributed by atoms with E-state index in [1.54, 1.807) is 55.7 Å². The van der Waals surface area contributed by atoms with Gasteiger partial charge in [-0.3, -0.25) is 4.79 Å². The molecule has 0 atom stereocenters. The minimum absolute atomic E-state index is 0.204. The summed E-state index contributed by atoms with van der Waals surface area (Å²) >= 11 is 0. The number of hydrogen-bond acceptors (Lipinski definition) is 5. The van der Waals surface area contributed by atoms with Gasteiger partial charge < -0.3 is 18.8 Å². The van der Waals surface area contributed by atoms with Gasteiger partial charge in [0.2, 0.25) is 5.91 Å². The van der Waals surface area contributed by atoms with Crippen LogP contribution < -0.4 is 9.47 Å². The highest BCUT2D eigenvalue weighted by Crippen LogP contribution is 2.25. The fraction of sp³-hybridized carbons (Fsp3) is 0.263. The van der Waals surface area contributed by atoms with Crippen LogP contribution in [-0.4, -0.2) is 31.6 Å². The predicted molar refractivity (Wildman–Crippen MR) is 92.9 cm³/mol. The van der Waals surface area contributed by atoms with Gasteiger partial charge in [-0.1, -0.05) is 0 Å². The van der Waals surface area contributed by atoms with Crippen molar-refractivity contribution in [3.63, 3.8) is 0 Å². The van der Waals surface area contributed by atoms with E-state index < -0.39 is 0 Å². The van der Waals surface area contributed by atoms with E-state index >= 15 is 0 Å². The molecule has 1 heterocycles. The fourth-order valence-electron chi connectivity index (χ4n) is 2.27. The zero-order valence-corrected chi connectivity index (χ0v) is 14.3. The normalized spacial score (nSPS) is 10.4. The fourth-order valence-corrected chi connectivity index (χ4v) is 2.27. The number of nitriles is 1. The summed E-state index contributed by atoms with van der Waals surface area (Å²) in [6.07, 6.45) is 4.96. The van der Waals surface area contributed by atoms with Gasteiger partial charge in [0.15, 0.2) is 0 Å². The summed E-state index contributed by atoms with van der Waals surface area (Å²) in [5.41, 5.74) is 0.759. The van der Waals surface area contributed by atoms with Gasteiger partial charge in [-0.05, 0) is 30.3 Å². The molecule has 6 nitrogen and oxygen atoms in total. The molecule has 0 unspecified atom stereocenters. The Morgan fingerprint density at radius 1 is 1.32 bits per heavy atom. The molecule has 0 aliphatic carbocycles. The summed E-state index contributed by atoms with van der Waals surface area (Å²) in [7, 11) is 3.14. The predicted octanol–water partition coefficient (Wildman–Crippen LogP) is 3.25. The summed E-state index contributed by atoms with van der Waals surface area (Å²) in [4.78, 5) is 14.1. The molecule has 0 radical (unpaired) electrons. The summed E-state index contributed by atoms with van der Waals surface area (Å²) < 4.78 is 15.8. The zero-order valence-electron chi connectivity index (χ0n) is 14.3. The Morgan fingerprint density at radius 3 is 2.80 bits per heavy atom. The van der Waals surface area contributed by atoms with Crippen LogP contribution in [0.15, 0.2) is 47.1 Å². The second-order valence-electron chi connectivity index (χ2n) is 5.19. The number of carbonyl (C=O) groups is 1. The highest BCUT2D eigenvalue weighted by molar-refractivity contribution is 5.92. The van der Waals surface area contributed by atoms with Gasteiger partial charge in [-0.15, -0.1) is 0 Å². The minimum Gasteiger partial charge on any atom is -0.497 e. The van der Waals surface area contributed by atoms with E-state index in [2.05, 4.69) is 6.07 Å². The van der Waals surface area contributed by atoms with Gasteiger partial charge in [0.05, 0.1) is 39.5 Å². The topological polar surface area (TPSA) is 75.7 Å². The third-order valence-corrected chi connectivity index (χ3v) is 3.58. The molecule has 6 heteroatoms. The van der Waals surface area contributed by atoms with E-state index in [0.29, 0.717) is 30.3 Å². The summed E-state index contributed by atoms with van der Waals surface area (Å²) in [5, 5.41) is 8.79. The van der Waals surface area contributed by atoms with Crippen LogP contribution in [0, 0.1) is 11.3 Å². The Bertz CT molecular complexity index is 760. The minimum atomic E-state index is -0.204. The van der Waals surface area contributed by atoms with Crippen LogP contribution in [-0.2, 0) is 11.3 Å². The maximum Gasteiger partial charge on any atom is 0.247 e. The third-order valence-electron chi connectivity index (χ3n) is 3.58. The summed E-state index contributed by atoms with van der Waals surface area (Å²) in [5.74, 6) is 1.75. The number of rotatable bonds is 8. The molecule has 0 saturated heterocycles. The van der Waals surface area contributed by atoms with Crippen LogP contribution >= 0.6 is 0 Å². The second-order valence-corrected chi connectivity index (χ2v) is 5.19. The molecule has 0 saturated carbocycles. The van der Waals surface area contributed by atoms with Gasteiger partial charge in [0.1, 0.15) is 17.3 Å². The Morgan fingerprint density at radius 2 is 2.16 bits per heavy atom. The standard InChI is InChI=1S/C19H20N2O4/c1-23-16-8-6-15(18(13-16)24-2)7-9-19(22)21(11-4-10-20)14-17-5-3-12-25-17/h3,5-9,12-13H,4,11,14H2,1-2H3/b9-7+. The van der Waals surface area contributed by atoms with Crippen molar-refractivity contribution in [2.75, 3.05) is 20.8 Å². The van der Waals surface area contributed by atoms with Crippen molar-refractivity contribution in [2.24, 2.45) is 0 Å². The SMILES string of the molecule is COc1ccc(/C=C/C(=O)N(CCC#N)Cc2ccco2)c(OC)c1. The average molecular weight is 340 g/mol. The van der Waals surface area contributed by atoms with Crippen molar-refractivity contribution < 1.29 is 18.7 Å². The van der Waals surface area contributed by atoms with E-state index in [9.17, 15) is 4.79 Å². The molecule has 0 aliphatic rings. The Hall–Kier alpha value is -3.20. The van der Waals surface area contributed by atoms with Crippen LogP contribution in [0.4, 0.5) is 0 Å². The molecule has 2 aromatic rings. The second kappa shape index (κ2) is 9.18. The molecule has 25 heavy (non-hydrogen) atoms. The lowest BCUT2D eigenvalue weighted by atomic mass is 10.1. The van der Waals surface area contributed by atoms with Crippen molar-refractivity contribution >= 4 is 12.0 Å². The number of furan rings is 1. The largest absolute Gasteiger partial charge is 0.497 e. The summed E-state index contributed by atoms with van der Waals surface area (Å²) in [6, 6.07) is 11.0. The number of methoxy groups -OCH3 is 2. The molecule has 0 fully saturated rings. The van der Waals surface area contributed by atoms with Crippen LogP contribution in [0.2, 0.25) is 0 Å². The van der Waals surface area contributed by atoms with E-state index in [1.165, 1.54) is 6.08 Å². The van der Waals surface area contributed by atoms with Crippen LogP contribution in [0.5, 0.6) is 11.5 Å². The molecule has 1 aromatic heterocycles. The van der Waals surface area contributed by atoms with Crippen LogP contribution in [0.1, 0.15) is 17.7 Å². The van der Waals surface area contributed by atoms with Gasteiger partial charge in [0, 0.05) is 24.3 Å². The molecule has 2 rings (SSSR count). The molecular formula is C19H20N2O4. The van der Waals surface area contributed by atoms with Gasteiger partial charge >= 0.3 is 0 Å². The molecule has 1 aromatic carbocycles. The first-order valence-electron chi connectivity index (χ1n) is 7.76. The first-order valence-corrected chi connectivity index (χ1v) is 7.76. The van der Waals surface area contributed by atoms with Crippen molar-refractivity contribution in [3.05, 3.63) is 54.0 Å². The molecule has 0 bridgehead atoms. The van der Waals surface area contributed by atoms with Gasteiger partial charge in [-0.2, -0.15) is 5.26 Å². The summed E-state index contributed by atoms with van der Waals surface area (Å²) in [6.45, 7) is 0.651. The van der Waals surface area contributed by atoms with Gasteiger partial charge in [-0.25, -0.2) is 0 Å². The van der Waals surface area contributed by atoms with E-state index in [0.717, 1.165) is 5.56 Å². The van der Waals surface area contributed by atoms with Crippen molar-refractivity contribution in [3.8, 4) is 17.6 Å². The smallest absolute Gasteiger partial charge is 0.247 e. The average Bonchev–Trinajstić information content (AvgIpc) is 3.16. The lowest BCUT2D eigenvalue weighted by Crippen LogP contribution is -2.29. The van der Waals surface area contributed by atoms with Crippen molar-refractivity contribution in [1.29, 1.82) is 5.26 Å². The monoisotopic (exact) mass is 340 g/mol. The van der Waals surface area contributed by atoms with Crippen molar-refractivity contribution in [2.45, 2.75) is 13.0 Å². The number of amides is 1.